The molecule has 0 radical (unpaired) electrons. The summed E-state index contributed by atoms with van der Waals surface area (Å²) in [7, 11) is 0. The molecule has 3 nitrogen and oxygen atoms in total. The minimum atomic E-state index is -0.165. The van der Waals surface area contributed by atoms with Gasteiger partial charge in [-0.25, -0.2) is 0 Å². The van der Waals surface area contributed by atoms with Crippen molar-refractivity contribution in [3.05, 3.63) is 53.3 Å². The van der Waals surface area contributed by atoms with Crippen molar-refractivity contribution < 1.29 is 9.90 Å². The lowest BCUT2D eigenvalue weighted by Gasteiger charge is -2.33. The summed E-state index contributed by atoms with van der Waals surface area (Å²) in [6.07, 6.45) is 4.69. The number of nitrogens with zero attached hydrogens (tertiary/aromatic N) is 1. The van der Waals surface area contributed by atoms with Gasteiger partial charge in [0.05, 0.1) is 6.61 Å². The van der Waals surface area contributed by atoms with E-state index in [0.717, 1.165) is 17.7 Å². The van der Waals surface area contributed by atoms with Crippen LogP contribution in [-0.4, -0.2) is 24.0 Å². The largest absolute Gasteiger partial charge is 0.395 e. The molecule has 2 aliphatic rings. The maximum absolute atomic E-state index is 11.7. The van der Waals surface area contributed by atoms with Crippen LogP contribution >= 0.6 is 0 Å². The Hall–Kier alpha value is -1.87. The molecular weight excluding hydrogens is 250 g/mol. The normalized spacial score (nSPS) is 23.9. The molecule has 1 aromatic carbocycles. The summed E-state index contributed by atoms with van der Waals surface area (Å²) in [5.74, 6) is 0.139. The van der Waals surface area contributed by atoms with Crippen LogP contribution in [-0.2, 0) is 10.2 Å². The van der Waals surface area contributed by atoms with Crippen molar-refractivity contribution in [3.8, 4) is 0 Å². The van der Waals surface area contributed by atoms with E-state index < -0.39 is 0 Å². The van der Waals surface area contributed by atoms with Crippen molar-refractivity contribution in [2.75, 3.05) is 18.1 Å². The second-order valence-electron chi connectivity index (χ2n) is 5.70. The molecule has 1 atom stereocenters. The fourth-order valence-corrected chi connectivity index (χ4v) is 3.40. The van der Waals surface area contributed by atoms with Gasteiger partial charge in [-0.2, -0.15) is 0 Å². The monoisotopic (exact) mass is 269 g/mol. The van der Waals surface area contributed by atoms with E-state index in [9.17, 15) is 9.90 Å². The molecule has 1 aromatic rings. The first-order chi connectivity index (χ1) is 9.58. The van der Waals surface area contributed by atoms with Crippen LogP contribution in [0.3, 0.4) is 0 Å². The Morgan fingerprint density at radius 3 is 2.80 bits per heavy atom. The summed E-state index contributed by atoms with van der Waals surface area (Å²) >= 11 is 0. The van der Waals surface area contributed by atoms with E-state index in [0.29, 0.717) is 6.54 Å². The summed E-state index contributed by atoms with van der Waals surface area (Å²) < 4.78 is 0. The first kappa shape index (κ1) is 13.1. The Morgan fingerprint density at radius 1 is 1.35 bits per heavy atom. The molecule has 0 saturated heterocycles. The Morgan fingerprint density at radius 2 is 2.10 bits per heavy atom. The highest BCUT2D eigenvalue weighted by Crippen LogP contribution is 2.52. The number of ketones is 1. The molecule has 0 bridgehead atoms. The molecule has 0 aromatic heterocycles. The molecule has 1 heterocycles. The molecule has 0 amide bonds. The van der Waals surface area contributed by atoms with E-state index in [1.165, 1.54) is 11.3 Å². The molecule has 3 rings (SSSR count). The van der Waals surface area contributed by atoms with Crippen LogP contribution in [0.1, 0.15) is 25.8 Å². The number of hydrogen-bond donors (Lipinski definition) is 1. The number of Topliss-reactive ketones (excluding diaryl/α,β-unsaturated/α-hetero) is 1. The Balaban J connectivity index is 2.15. The van der Waals surface area contributed by atoms with Gasteiger partial charge in [0.15, 0.2) is 5.78 Å². The molecule has 1 aliphatic heterocycles. The number of carbonyl (C=O) groups is 1. The van der Waals surface area contributed by atoms with Crippen LogP contribution in [0.2, 0.25) is 0 Å². The lowest BCUT2D eigenvalue weighted by atomic mass is 9.73. The maximum Gasteiger partial charge on any atom is 0.155 e. The van der Waals surface area contributed by atoms with Crippen molar-refractivity contribution >= 4 is 11.5 Å². The minimum absolute atomic E-state index is 0.116. The third-order valence-electron chi connectivity index (χ3n) is 4.41. The van der Waals surface area contributed by atoms with Crippen molar-refractivity contribution in [1.29, 1.82) is 0 Å². The Labute approximate surface area is 119 Å². The Bertz CT molecular complexity index is 630. The third kappa shape index (κ3) is 1.74. The average molecular weight is 269 g/mol. The number of allylic oxidation sites excluding steroid dienone is 4. The third-order valence-corrected chi connectivity index (χ3v) is 4.41. The standard InChI is InChI=1S/C17H19NO2/c1-12(20)13-7-8-16-17(2,11-13)14-5-3-4-6-15(14)18(16)9-10-19/h3-8,19H,9-11H2,1-2H3. The molecular formula is C17H19NO2. The number of hydrogen-bond acceptors (Lipinski definition) is 3. The van der Waals surface area contributed by atoms with Crippen LogP contribution in [0.4, 0.5) is 5.69 Å². The first-order valence-electron chi connectivity index (χ1n) is 6.98. The van der Waals surface area contributed by atoms with Gasteiger partial charge < -0.3 is 10.0 Å². The smallest absolute Gasteiger partial charge is 0.155 e. The number of aliphatic hydroxyl groups excluding tert-OH is 1. The number of carbonyl (C=O) groups excluding carboxylic acids is 1. The topological polar surface area (TPSA) is 40.5 Å². The van der Waals surface area contributed by atoms with Crippen LogP contribution in [0, 0.1) is 0 Å². The van der Waals surface area contributed by atoms with E-state index in [1.54, 1.807) is 6.92 Å². The molecule has 1 N–H and O–H groups in total. The predicted octanol–water partition coefficient (Wildman–Crippen LogP) is 2.56. The molecule has 0 spiro atoms. The second kappa shape index (κ2) is 4.60. The summed E-state index contributed by atoms with van der Waals surface area (Å²) in [4.78, 5) is 13.9. The van der Waals surface area contributed by atoms with Crippen LogP contribution in [0.15, 0.2) is 47.7 Å². The van der Waals surface area contributed by atoms with E-state index in [2.05, 4.69) is 24.0 Å². The van der Waals surface area contributed by atoms with Crippen LogP contribution < -0.4 is 4.90 Å². The fraction of sp³-hybridized carbons (Fsp3) is 0.353. The van der Waals surface area contributed by atoms with Crippen molar-refractivity contribution in [2.24, 2.45) is 0 Å². The summed E-state index contributed by atoms with van der Waals surface area (Å²) in [5, 5.41) is 9.33. The molecule has 1 aliphatic carbocycles. The molecule has 20 heavy (non-hydrogen) atoms. The van der Waals surface area contributed by atoms with Gasteiger partial charge in [-0.3, -0.25) is 4.79 Å². The molecule has 1 unspecified atom stereocenters. The number of fused-ring (bicyclic) bond motifs is 3. The van der Waals surface area contributed by atoms with Gasteiger partial charge in [0.1, 0.15) is 0 Å². The highest BCUT2D eigenvalue weighted by atomic mass is 16.3. The maximum atomic E-state index is 11.7. The lowest BCUT2D eigenvalue weighted by molar-refractivity contribution is -0.113. The van der Waals surface area contributed by atoms with Crippen LogP contribution in [0.5, 0.6) is 0 Å². The average Bonchev–Trinajstić information content (AvgIpc) is 2.69. The highest BCUT2D eigenvalue weighted by molar-refractivity contribution is 5.95. The van der Waals surface area contributed by atoms with Crippen molar-refractivity contribution in [2.45, 2.75) is 25.7 Å². The second-order valence-corrected chi connectivity index (χ2v) is 5.70. The van der Waals surface area contributed by atoms with Crippen LogP contribution in [0.25, 0.3) is 0 Å². The van der Waals surface area contributed by atoms with Crippen molar-refractivity contribution in [3.63, 3.8) is 0 Å². The zero-order valence-corrected chi connectivity index (χ0v) is 11.9. The van der Waals surface area contributed by atoms with Gasteiger partial charge in [-0.1, -0.05) is 24.3 Å². The van der Waals surface area contributed by atoms with Gasteiger partial charge in [0.25, 0.3) is 0 Å². The summed E-state index contributed by atoms with van der Waals surface area (Å²) in [5.41, 5.74) is 4.27. The van der Waals surface area contributed by atoms with Gasteiger partial charge in [-0.05, 0) is 43.5 Å². The summed E-state index contributed by atoms with van der Waals surface area (Å²) in [6.45, 7) is 4.51. The first-order valence-corrected chi connectivity index (χ1v) is 6.98. The zero-order valence-electron chi connectivity index (χ0n) is 11.9. The fourth-order valence-electron chi connectivity index (χ4n) is 3.40. The van der Waals surface area contributed by atoms with E-state index in [4.69, 9.17) is 0 Å². The van der Waals surface area contributed by atoms with Gasteiger partial charge in [0.2, 0.25) is 0 Å². The number of para-hydroxylation sites is 1. The molecule has 3 heteroatoms. The highest BCUT2D eigenvalue weighted by Gasteiger charge is 2.45. The summed E-state index contributed by atoms with van der Waals surface area (Å²) in [6, 6.07) is 8.27. The number of β-amino-alcohol motifs (C(OH)–C–C–N with tert-alkyl or cyclic N) is 1. The molecule has 0 fully saturated rings. The lowest BCUT2D eigenvalue weighted by Crippen LogP contribution is -2.33. The van der Waals surface area contributed by atoms with Crippen molar-refractivity contribution in [1.82, 2.24) is 0 Å². The number of rotatable bonds is 3. The SMILES string of the molecule is CC(=O)C1=CC=C2N(CCO)c3ccccc3C2(C)C1. The number of anilines is 1. The predicted molar refractivity (Wildman–Crippen MR) is 79.7 cm³/mol. The zero-order chi connectivity index (χ0) is 14.3. The van der Waals surface area contributed by atoms with E-state index in [-0.39, 0.29) is 17.8 Å². The number of aliphatic hydroxyl groups is 1. The van der Waals surface area contributed by atoms with Gasteiger partial charge in [-0.15, -0.1) is 0 Å². The molecule has 104 valence electrons. The Kier molecular flexibility index (Phi) is 3.02. The quantitative estimate of drug-likeness (QED) is 0.916. The molecule has 0 saturated carbocycles. The van der Waals surface area contributed by atoms with E-state index in [1.807, 2.05) is 24.3 Å². The van der Waals surface area contributed by atoms with Gasteiger partial charge in [0, 0.05) is 23.3 Å². The minimum Gasteiger partial charge on any atom is -0.395 e. The van der Waals surface area contributed by atoms with Gasteiger partial charge >= 0.3 is 0 Å². The van der Waals surface area contributed by atoms with E-state index >= 15 is 0 Å². The number of benzene rings is 1.